The van der Waals surface area contributed by atoms with Crippen LogP contribution in [0.1, 0.15) is 47.4 Å². The van der Waals surface area contributed by atoms with Crippen molar-refractivity contribution in [3.63, 3.8) is 0 Å². The van der Waals surface area contributed by atoms with Crippen molar-refractivity contribution < 1.29 is 4.79 Å². The maximum atomic E-state index is 12.8. The molecule has 0 spiro atoms. The minimum atomic E-state index is 0.0197. The molecular formula is C18H21N5O. The van der Waals surface area contributed by atoms with Gasteiger partial charge in [0.1, 0.15) is 0 Å². The number of amides is 1. The van der Waals surface area contributed by atoms with Crippen LogP contribution in [-0.4, -0.2) is 44.3 Å². The summed E-state index contributed by atoms with van der Waals surface area (Å²) in [6.07, 6.45) is 4.83. The molecule has 1 aliphatic heterocycles. The quantitative estimate of drug-likeness (QED) is 0.778. The molecule has 3 aromatic rings. The highest BCUT2D eigenvalue weighted by Crippen LogP contribution is 2.30. The SMILES string of the molecule is CCc1cn[nH]c1C1CCN(C(=O)c2n[nH]c3ccccc23)CC1. The normalized spacial score (nSPS) is 16.0. The van der Waals surface area contributed by atoms with Crippen molar-refractivity contribution >= 4 is 16.8 Å². The molecule has 0 saturated carbocycles. The lowest BCUT2D eigenvalue weighted by Crippen LogP contribution is -2.38. The molecule has 1 aromatic carbocycles. The monoisotopic (exact) mass is 323 g/mol. The van der Waals surface area contributed by atoms with Gasteiger partial charge in [0, 0.05) is 30.1 Å². The van der Waals surface area contributed by atoms with E-state index >= 15 is 0 Å². The Morgan fingerprint density at radius 1 is 1.25 bits per heavy atom. The first-order valence-corrected chi connectivity index (χ1v) is 8.52. The molecule has 1 aliphatic rings. The van der Waals surface area contributed by atoms with Crippen LogP contribution in [-0.2, 0) is 6.42 Å². The molecule has 0 aliphatic carbocycles. The van der Waals surface area contributed by atoms with Gasteiger partial charge in [-0.2, -0.15) is 10.2 Å². The Balaban J connectivity index is 1.48. The standard InChI is InChI=1S/C18H21N5O/c1-2-12-11-19-21-16(12)13-7-9-23(10-8-13)18(24)17-14-5-3-4-6-15(14)20-22-17/h3-6,11,13H,2,7-10H2,1H3,(H,19,21)(H,20,22). The molecule has 0 unspecified atom stereocenters. The summed E-state index contributed by atoms with van der Waals surface area (Å²) in [7, 11) is 0. The lowest BCUT2D eigenvalue weighted by atomic mass is 9.90. The number of aromatic nitrogens is 4. The van der Waals surface area contributed by atoms with Gasteiger partial charge in [-0.05, 0) is 30.9 Å². The zero-order valence-corrected chi connectivity index (χ0v) is 13.7. The van der Waals surface area contributed by atoms with Crippen molar-refractivity contribution in [1.82, 2.24) is 25.3 Å². The summed E-state index contributed by atoms with van der Waals surface area (Å²) >= 11 is 0. The van der Waals surface area contributed by atoms with Gasteiger partial charge in [0.05, 0.1) is 11.7 Å². The average molecular weight is 323 g/mol. The molecule has 6 heteroatoms. The van der Waals surface area contributed by atoms with E-state index in [1.807, 2.05) is 35.4 Å². The van der Waals surface area contributed by atoms with Gasteiger partial charge in [-0.15, -0.1) is 0 Å². The fraction of sp³-hybridized carbons (Fsp3) is 0.389. The number of fused-ring (bicyclic) bond motifs is 1. The Hall–Kier alpha value is -2.63. The molecule has 3 heterocycles. The number of hydrogen-bond donors (Lipinski definition) is 2. The topological polar surface area (TPSA) is 77.7 Å². The van der Waals surface area contributed by atoms with Crippen molar-refractivity contribution in [2.45, 2.75) is 32.1 Å². The van der Waals surface area contributed by atoms with E-state index in [0.29, 0.717) is 11.6 Å². The molecule has 2 aromatic heterocycles. The number of carbonyl (C=O) groups excluding carboxylic acids is 1. The third-order valence-electron chi connectivity index (χ3n) is 5.00. The van der Waals surface area contributed by atoms with Crippen LogP contribution in [0.2, 0.25) is 0 Å². The van der Waals surface area contributed by atoms with Crippen molar-refractivity contribution in [3.8, 4) is 0 Å². The first kappa shape index (κ1) is 14.9. The number of aryl methyl sites for hydroxylation is 1. The van der Waals surface area contributed by atoms with Gasteiger partial charge in [-0.25, -0.2) is 0 Å². The smallest absolute Gasteiger partial charge is 0.274 e. The number of rotatable bonds is 3. The number of aromatic amines is 2. The van der Waals surface area contributed by atoms with Crippen LogP contribution in [0.25, 0.3) is 10.9 Å². The molecule has 1 amide bonds. The van der Waals surface area contributed by atoms with Gasteiger partial charge in [0.2, 0.25) is 0 Å². The second-order valence-electron chi connectivity index (χ2n) is 6.35. The fourth-order valence-corrected chi connectivity index (χ4v) is 3.60. The van der Waals surface area contributed by atoms with E-state index in [1.165, 1.54) is 11.3 Å². The van der Waals surface area contributed by atoms with Crippen LogP contribution in [0, 0.1) is 0 Å². The highest BCUT2D eigenvalue weighted by atomic mass is 16.2. The number of piperidine rings is 1. The average Bonchev–Trinajstić information content (AvgIpc) is 3.28. The van der Waals surface area contributed by atoms with Gasteiger partial charge in [-0.3, -0.25) is 15.0 Å². The van der Waals surface area contributed by atoms with E-state index in [2.05, 4.69) is 27.3 Å². The van der Waals surface area contributed by atoms with E-state index in [9.17, 15) is 4.79 Å². The summed E-state index contributed by atoms with van der Waals surface area (Å²) in [5, 5.41) is 15.4. The first-order valence-electron chi connectivity index (χ1n) is 8.52. The van der Waals surface area contributed by atoms with Gasteiger partial charge in [0.15, 0.2) is 5.69 Å². The molecule has 1 saturated heterocycles. The molecular weight excluding hydrogens is 302 g/mol. The molecule has 0 bridgehead atoms. The summed E-state index contributed by atoms with van der Waals surface area (Å²) in [5.74, 6) is 0.480. The molecule has 0 atom stereocenters. The third-order valence-corrected chi connectivity index (χ3v) is 5.00. The van der Waals surface area contributed by atoms with Crippen molar-refractivity contribution in [2.24, 2.45) is 0 Å². The Morgan fingerprint density at radius 2 is 2.04 bits per heavy atom. The fourth-order valence-electron chi connectivity index (χ4n) is 3.60. The van der Waals surface area contributed by atoms with Crippen LogP contribution in [0.5, 0.6) is 0 Å². The summed E-state index contributed by atoms with van der Waals surface area (Å²) in [6.45, 7) is 3.66. The van der Waals surface area contributed by atoms with Gasteiger partial charge in [-0.1, -0.05) is 25.1 Å². The van der Waals surface area contributed by atoms with E-state index in [0.717, 1.165) is 43.3 Å². The number of H-pyrrole nitrogens is 2. The van der Waals surface area contributed by atoms with Crippen LogP contribution < -0.4 is 0 Å². The zero-order chi connectivity index (χ0) is 16.5. The van der Waals surface area contributed by atoms with Crippen molar-refractivity contribution in [3.05, 3.63) is 47.4 Å². The Morgan fingerprint density at radius 3 is 2.83 bits per heavy atom. The highest BCUT2D eigenvalue weighted by molar-refractivity contribution is 6.04. The molecule has 1 fully saturated rings. The van der Waals surface area contributed by atoms with Gasteiger partial charge < -0.3 is 4.90 Å². The Bertz CT molecular complexity index is 857. The molecule has 0 radical (unpaired) electrons. The van der Waals surface area contributed by atoms with Crippen LogP contribution in [0.4, 0.5) is 0 Å². The minimum Gasteiger partial charge on any atom is -0.337 e. The second-order valence-corrected chi connectivity index (χ2v) is 6.35. The predicted octanol–water partition coefficient (Wildman–Crippen LogP) is 2.87. The lowest BCUT2D eigenvalue weighted by molar-refractivity contribution is 0.0708. The maximum absolute atomic E-state index is 12.8. The van der Waals surface area contributed by atoms with Crippen LogP contribution >= 0.6 is 0 Å². The molecule has 6 nitrogen and oxygen atoms in total. The van der Waals surface area contributed by atoms with E-state index in [4.69, 9.17) is 0 Å². The number of hydrogen-bond acceptors (Lipinski definition) is 3. The Kier molecular flexibility index (Phi) is 3.80. The van der Waals surface area contributed by atoms with Crippen molar-refractivity contribution in [2.75, 3.05) is 13.1 Å². The maximum Gasteiger partial charge on any atom is 0.274 e. The van der Waals surface area contributed by atoms with Gasteiger partial charge >= 0.3 is 0 Å². The third kappa shape index (κ3) is 2.48. The van der Waals surface area contributed by atoms with E-state index in [-0.39, 0.29) is 5.91 Å². The lowest BCUT2D eigenvalue weighted by Gasteiger charge is -2.31. The molecule has 124 valence electrons. The number of benzene rings is 1. The molecule has 2 N–H and O–H groups in total. The number of nitrogens with zero attached hydrogens (tertiary/aromatic N) is 3. The van der Waals surface area contributed by atoms with E-state index in [1.54, 1.807) is 0 Å². The number of para-hydroxylation sites is 1. The number of carbonyl (C=O) groups is 1. The summed E-state index contributed by atoms with van der Waals surface area (Å²) in [6, 6.07) is 7.76. The van der Waals surface area contributed by atoms with Crippen molar-refractivity contribution in [1.29, 1.82) is 0 Å². The Labute approximate surface area is 140 Å². The van der Waals surface area contributed by atoms with Crippen LogP contribution in [0.3, 0.4) is 0 Å². The largest absolute Gasteiger partial charge is 0.337 e. The second kappa shape index (κ2) is 6.11. The zero-order valence-electron chi connectivity index (χ0n) is 13.7. The minimum absolute atomic E-state index is 0.0197. The first-order chi connectivity index (χ1) is 11.8. The summed E-state index contributed by atoms with van der Waals surface area (Å²) < 4.78 is 0. The number of nitrogens with one attached hydrogen (secondary N) is 2. The summed E-state index contributed by atoms with van der Waals surface area (Å²) in [5.41, 5.74) is 3.97. The molecule has 24 heavy (non-hydrogen) atoms. The van der Waals surface area contributed by atoms with Crippen LogP contribution in [0.15, 0.2) is 30.5 Å². The summed E-state index contributed by atoms with van der Waals surface area (Å²) in [4.78, 5) is 14.7. The predicted molar refractivity (Wildman–Crippen MR) is 91.9 cm³/mol. The van der Waals surface area contributed by atoms with Gasteiger partial charge in [0.25, 0.3) is 5.91 Å². The molecule has 4 rings (SSSR count). The number of likely N-dealkylation sites (tertiary alicyclic amines) is 1. The highest BCUT2D eigenvalue weighted by Gasteiger charge is 2.28. The van der Waals surface area contributed by atoms with E-state index < -0.39 is 0 Å².